The number of anilines is 3. The van der Waals surface area contributed by atoms with Crippen molar-refractivity contribution in [2.45, 2.75) is 0 Å². The normalized spacial score (nSPS) is 10.3. The second-order valence-electron chi connectivity index (χ2n) is 5.48. The number of hydrogen-bond acceptors (Lipinski definition) is 3. The maximum atomic E-state index is 13.7. The first-order chi connectivity index (χ1) is 12.6. The lowest BCUT2D eigenvalue weighted by Crippen LogP contribution is -2.13. The third-order valence-electron chi connectivity index (χ3n) is 3.70. The summed E-state index contributed by atoms with van der Waals surface area (Å²) in [6.07, 6.45) is 0. The van der Waals surface area contributed by atoms with Crippen molar-refractivity contribution in [3.05, 3.63) is 83.9 Å². The molecule has 3 aromatic rings. The molecule has 3 aromatic carbocycles. The highest BCUT2D eigenvalue weighted by molar-refractivity contribution is 6.06. The van der Waals surface area contributed by atoms with Gasteiger partial charge in [0.1, 0.15) is 17.4 Å². The van der Waals surface area contributed by atoms with Gasteiger partial charge in [0.05, 0.1) is 18.4 Å². The Hall–Kier alpha value is -3.41. The fourth-order valence-electron chi connectivity index (χ4n) is 2.41. The van der Waals surface area contributed by atoms with Gasteiger partial charge < -0.3 is 15.4 Å². The fraction of sp³-hybridized carbons (Fsp3) is 0.0500. The van der Waals surface area contributed by atoms with Gasteiger partial charge in [-0.15, -0.1) is 0 Å². The molecule has 1 amide bonds. The highest BCUT2D eigenvalue weighted by Gasteiger charge is 2.11. The number of carbonyl (C=O) groups excluding carboxylic acids is 1. The second kappa shape index (κ2) is 7.65. The standard InChI is InChI=1S/C20H16F2N2O2/c1-26-19-5-3-2-4-16(19)20(25)24-15-9-7-14(8-10-15)23-18-11-6-13(21)12-17(18)22/h2-12,23H,1H3,(H,24,25). The number of amides is 1. The Labute approximate surface area is 149 Å². The first-order valence-electron chi connectivity index (χ1n) is 7.83. The molecule has 0 heterocycles. The minimum Gasteiger partial charge on any atom is -0.496 e. The summed E-state index contributed by atoms with van der Waals surface area (Å²) in [5, 5.41) is 5.63. The van der Waals surface area contributed by atoms with Crippen molar-refractivity contribution >= 4 is 23.0 Å². The average Bonchev–Trinajstić information content (AvgIpc) is 2.65. The second-order valence-corrected chi connectivity index (χ2v) is 5.48. The quantitative estimate of drug-likeness (QED) is 0.680. The maximum absolute atomic E-state index is 13.7. The van der Waals surface area contributed by atoms with Crippen molar-refractivity contribution < 1.29 is 18.3 Å². The Kier molecular flexibility index (Phi) is 5.12. The van der Waals surface area contributed by atoms with Crippen molar-refractivity contribution in [2.24, 2.45) is 0 Å². The van der Waals surface area contributed by atoms with Gasteiger partial charge in [-0.2, -0.15) is 0 Å². The van der Waals surface area contributed by atoms with Crippen molar-refractivity contribution in [3.63, 3.8) is 0 Å². The molecule has 4 nitrogen and oxygen atoms in total. The van der Waals surface area contributed by atoms with E-state index in [9.17, 15) is 13.6 Å². The molecule has 0 radical (unpaired) electrons. The van der Waals surface area contributed by atoms with Gasteiger partial charge in [-0.3, -0.25) is 4.79 Å². The van der Waals surface area contributed by atoms with E-state index in [4.69, 9.17) is 4.74 Å². The maximum Gasteiger partial charge on any atom is 0.259 e. The Bertz CT molecular complexity index is 927. The molecule has 2 N–H and O–H groups in total. The van der Waals surface area contributed by atoms with Gasteiger partial charge in [0.15, 0.2) is 0 Å². The Morgan fingerprint density at radius 2 is 1.62 bits per heavy atom. The van der Waals surface area contributed by atoms with E-state index in [-0.39, 0.29) is 11.6 Å². The molecule has 0 spiro atoms. The lowest BCUT2D eigenvalue weighted by atomic mass is 10.2. The molecule has 3 rings (SSSR count). The summed E-state index contributed by atoms with van der Waals surface area (Å²) in [4.78, 5) is 12.4. The Balaban J connectivity index is 1.70. The van der Waals surface area contributed by atoms with Crippen LogP contribution in [0.5, 0.6) is 5.75 Å². The van der Waals surface area contributed by atoms with E-state index >= 15 is 0 Å². The monoisotopic (exact) mass is 354 g/mol. The minimum atomic E-state index is -0.682. The van der Waals surface area contributed by atoms with E-state index in [1.165, 1.54) is 19.2 Å². The molecule has 0 fully saturated rings. The summed E-state index contributed by atoms with van der Waals surface area (Å²) in [5.74, 6) is -1.14. The molecule has 6 heteroatoms. The van der Waals surface area contributed by atoms with Gasteiger partial charge in [0.2, 0.25) is 0 Å². The van der Waals surface area contributed by atoms with E-state index in [1.807, 2.05) is 0 Å². The molecule has 132 valence electrons. The number of benzene rings is 3. The van der Waals surface area contributed by atoms with Crippen molar-refractivity contribution in [1.29, 1.82) is 0 Å². The predicted octanol–water partition coefficient (Wildman–Crippen LogP) is 4.97. The van der Waals surface area contributed by atoms with Gasteiger partial charge in [-0.25, -0.2) is 8.78 Å². The van der Waals surface area contributed by atoms with Crippen LogP contribution in [0.2, 0.25) is 0 Å². The highest BCUT2D eigenvalue weighted by atomic mass is 19.1. The van der Waals surface area contributed by atoms with Crippen LogP contribution >= 0.6 is 0 Å². The van der Waals surface area contributed by atoms with Gasteiger partial charge in [-0.1, -0.05) is 12.1 Å². The zero-order valence-corrected chi connectivity index (χ0v) is 13.9. The highest BCUT2D eigenvalue weighted by Crippen LogP contribution is 2.23. The number of halogens is 2. The molecule has 0 bridgehead atoms. The summed E-state index contributed by atoms with van der Waals surface area (Å²) in [6.45, 7) is 0. The molecule has 0 saturated carbocycles. The Morgan fingerprint density at radius 1 is 0.923 bits per heavy atom. The van der Waals surface area contributed by atoms with E-state index < -0.39 is 11.6 Å². The SMILES string of the molecule is COc1ccccc1C(=O)Nc1ccc(Nc2ccc(F)cc2F)cc1. The van der Waals surface area contributed by atoms with Crippen LogP contribution in [0.4, 0.5) is 25.8 Å². The van der Waals surface area contributed by atoms with Gasteiger partial charge in [0.25, 0.3) is 5.91 Å². The number of para-hydroxylation sites is 1. The van der Waals surface area contributed by atoms with Gasteiger partial charge in [0, 0.05) is 17.4 Å². The van der Waals surface area contributed by atoms with Crippen LogP contribution in [0.15, 0.2) is 66.7 Å². The van der Waals surface area contributed by atoms with Gasteiger partial charge in [-0.05, 0) is 48.5 Å². The Morgan fingerprint density at radius 3 is 2.31 bits per heavy atom. The third kappa shape index (κ3) is 3.97. The third-order valence-corrected chi connectivity index (χ3v) is 3.70. The van der Waals surface area contributed by atoms with Crippen molar-refractivity contribution in [3.8, 4) is 5.75 Å². The molecule has 0 aromatic heterocycles. The molecule has 0 atom stereocenters. The number of methoxy groups -OCH3 is 1. The summed E-state index contributed by atoms with van der Waals surface area (Å²) >= 11 is 0. The van der Waals surface area contributed by atoms with Crippen LogP contribution in [-0.2, 0) is 0 Å². The van der Waals surface area contributed by atoms with Gasteiger partial charge >= 0.3 is 0 Å². The minimum absolute atomic E-state index is 0.164. The lowest BCUT2D eigenvalue weighted by Gasteiger charge is -2.11. The average molecular weight is 354 g/mol. The number of nitrogens with one attached hydrogen (secondary N) is 2. The van der Waals surface area contributed by atoms with Crippen LogP contribution in [0.3, 0.4) is 0 Å². The molecule has 0 saturated heterocycles. The smallest absolute Gasteiger partial charge is 0.259 e. The summed E-state index contributed by atoms with van der Waals surface area (Å²) in [6, 6.07) is 16.9. The first-order valence-corrected chi connectivity index (χ1v) is 7.83. The molecular formula is C20H16F2N2O2. The molecule has 26 heavy (non-hydrogen) atoms. The van der Waals surface area contributed by atoms with Crippen molar-refractivity contribution in [1.82, 2.24) is 0 Å². The van der Waals surface area contributed by atoms with Crippen LogP contribution in [0.25, 0.3) is 0 Å². The summed E-state index contributed by atoms with van der Waals surface area (Å²) in [7, 11) is 1.50. The molecule has 0 aliphatic rings. The first kappa shape index (κ1) is 17.4. The number of ether oxygens (including phenoxy) is 1. The van der Waals surface area contributed by atoms with Crippen LogP contribution in [-0.4, -0.2) is 13.0 Å². The summed E-state index contributed by atoms with van der Waals surface area (Å²) < 4.78 is 31.8. The predicted molar refractivity (Wildman–Crippen MR) is 97.0 cm³/mol. The topological polar surface area (TPSA) is 50.4 Å². The fourth-order valence-corrected chi connectivity index (χ4v) is 2.41. The van der Waals surface area contributed by atoms with E-state index in [1.54, 1.807) is 48.5 Å². The van der Waals surface area contributed by atoms with E-state index in [0.717, 1.165) is 6.07 Å². The zero-order chi connectivity index (χ0) is 18.5. The largest absolute Gasteiger partial charge is 0.496 e. The molecule has 0 unspecified atom stereocenters. The number of carbonyl (C=O) groups is 1. The van der Waals surface area contributed by atoms with E-state index in [2.05, 4.69) is 10.6 Å². The molecule has 0 aliphatic carbocycles. The van der Waals surface area contributed by atoms with Crippen LogP contribution in [0.1, 0.15) is 10.4 Å². The van der Waals surface area contributed by atoms with Crippen molar-refractivity contribution in [2.75, 3.05) is 17.7 Å². The number of hydrogen-bond donors (Lipinski definition) is 2. The van der Waals surface area contributed by atoms with Crippen LogP contribution in [0, 0.1) is 11.6 Å². The summed E-state index contributed by atoms with van der Waals surface area (Å²) in [5.41, 5.74) is 1.76. The molecule has 0 aliphatic heterocycles. The molecular weight excluding hydrogens is 338 g/mol. The van der Waals surface area contributed by atoms with E-state index in [0.29, 0.717) is 22.7 Å². The zero-order valence-electron chi connectivity index (χ0n) is 13.9. The number of rotatable bonds is 5. The van der Waals surface area contributed by atoms with Crippen LogP contribution < -0.4 is 15.4 Å². The lowest BCUT2D eigenvalue weighted by molar-refractivity contribution is 0.102.